The van der Waals surface area contributed by atoms with Crippen molar-refractivity contribution in [2.45, 2.75) is 6.92 Å². The van der Waals surface area contributed by atoms with Crippen molar-refractivity contribution >= 4 is 34.6 Å². The number of para-hydroxylation sites is 1. The van der Waals surface area contributed by atoms with Gasteiger partial charge in [0.15, 0.2) is 0 Å². The van der Waals surface area contributed by atoms with Gasteiger partial charge in [-0.3, -0.25) is 19.4 Å². The van der Waals surface area contributed by atoms with Gasteiger partial charge in [-0.15, -0.1) is 0 Å². The van der Waals surface area contributed by atoms with Crippen molar-refractivity contribution in [2.24, 2.45) is 0 Å². The first-order chi connectivity index (χ1) is 17.1. The zero-order chi connectivity index (χ0) is 23.9. The zero-order valence-corrected chi connectivity index (χ0v) is 19.2. The average molecular weight is 455 g/mol. The molecule has 2 aliphatic heterocycles. The fourth-order valence-electron chi connectivity index (χ4n) is 4.88. The zero-order valence-electron chi connectivity index (χ0n) is 19.2. The first kappa shape index (κ1) is 20.9. The summed E-state index contributed by atoms with van der Waals surface area (Å²) in [7, 11) is 0. The number of benzene rings is 4. The van der Waals surface area contributed by atoms with E-state index in [2.05, 4.69) is 0 Å². The second-order valence-electron chi connectivity index (χ2n) is 8.63. The van der Waals surface area contributed by atoms with Gasteiger partial charge in [0.2, 0.25) is 0 Å². The molecule has 0 atom stereocenters. The number of anilines is 2. The third-order valence-corrected chi connectivity index (χ3v) is 6.37. The second kappa shape index (κ2) is 8.26. The second-order valence-corrected chi connectivity index (χ2v) is 8.63. The summed E-state index contributed by atoms with van der Waals surface area (Å²) >= 11 is 0. The minimum atomic E-state index is -0.201. The van der Waals surface area contributed by atoms with Crippen LogP contribution in [0.5, 0.6) is 0 Å². The van der Waals surface area contributed by atoms with Gasteiger partial charge in [0.25, 0.3) is 11.8 Å². The van der Waals surface area contributed by atoms with Gasteiger partial charge in [0, 0.05) is 11.4 Å². The molecule has 0 spiro atoms. The van der Waals surface area contributed by atoms with E-state index in [1.807, 2.05) is 122 Å². The Morgan fingerprint density at radius 1 is 0.486 bits per heavy atom. The van der Waals surface area contributed by atoms with E-state index in [1.165, 1.54) is 0 Å². The molecule has 0 saturated carbocycles. The molecule has 0 unspecified atom stereocenters. The molecule has 4 aromatic carbocycles. The molecule has 2 heterocycles. The van der Waals surface area contributed by atoms with Crippen LogP contribution in [0.2, 0.25) is 0 Å². The van der Waals surface area contributed by atoms with Crippen molar-refractivity contribution in [3.05, 3.63) is 143 Å². The predicted molar refractivity (Wildman–Crippen MR) is 139 cm³/mol. The fraction of sp³-hybridized carbons (Fsp3) is 0.0323. The fourth-order valence-corrected chi connectivity index (χ4v) is 4.88. The van der Waals surface area contributed by atoms with E-state index in [0.29, 0.717) is 22.5 Å². The van der Waals surface area contributed by atoms with Crippen LogP contribution in [0, 0.1) is 6.92 Å². The topological polar surface area (TPSA) is 40.6 Å². The van der Waals surface area contributed by atoms with Crippen LogP contribution in [0.15, 0.2) is 126 Å². The summed E-state index contributed by atoms with van der Waals surface area (Å²) in [6.45, 7) is 2.00. The van der Waals surface area contributed by atoms with Crippen molar-refractivity contribution in [1.82, 2.24) is 0 Å². The average Bonchev–Trinajstić information content (AvgIpc) is 3.37. The number of hydrogen-bond acceptors (Lipinski definition) is 2. The maximum atomic E-state index is 14.2. The quantitative estimate of drug-likeness (QED) is 0.368. The Morgan fingerprint density at radius 2 is 0.914 bits per heavy atom. The minimum absolute atomic E-state index is 0.199. The van der Waals surface area contributed by atoms with Crippen LogP contribution in [-0.2, 0) is 9.59 Å². The summed E-state index contributed by atoms with van der Waals surface area (Å²) in [6.07, 6.45) is 0. The van der Waals surface area contributed by atoms with E-state index in [1.54, 1.807) is 9.80 Å². The van der Waals surface area contributed by atoms with Crippen LogP contribution in [-0.4, -0.2) is 11.8 Å². The molecule has 0 saturated heterocycles. The molecule has 0 N–H and O–H groups in total. The number of fused-ring (bicyclic) bond motifs is 1. The highest BCUT2D eigenvalue weighted by Gasteiger charge is 2.49. The lowest BCUT2D eigenvalue weighted by Crippen LogP contribution is -2.29. The van der Waals surface area contributed by atoms with Gasteiger partial charge in [-0.05, 0) is 47.9 Å². The number of aryl methyl sites for hydroxylation is 1. The summed E-state index contributed by atoms with van der Waals surface area (Å²) in [6, 6.07) is 36.7. The Balaban J connectivity index is 1.68. The summed E-state index contributed by atoms with van der Waals surface area (Å²) in [5.74, 6) is -0.400. The van der Waals surface area contributed by atoms with Crippen LogP contribution in [0.3, 0.4) is 0 Å². The number of hydrogen-bond donors (Lipinski definition) is 0. The Kier molecular flexibility index (Phi) is 4.93. The monoisotopic (exact) mass is 454 g/mol. The van der Waals surface area contributed by atoms with Gasteiger partial charge >= 0.3 is 0 Å². The summed E-state index contributed by atoms with van der Waals surface area (Å²) in [5, 5.41) is 0. The van der Waals surface area contributed by atoms with E-state index in [9.17, 15) is 9.59 Å². The normalized spacial score (nSPS) is 15.3. The van der Waals surface area contributed by atoms with Crippen LogP contribution >= 0.6 is 0 Å². The third-order valence-electron chi connectivity index (χ3n) is 6.37. The van der Waals surface area contributed by atoms with Crippen molar-refractivity contribution in [2.75, 3.05) is 9.80 Å². The number of carbonyl (C=O) groups excluding carboxylic acids is 2. The molecule has 35 heavy (non-hydrogen) atoms. The van der Waals surface area contributed by atoms with Gasteiger partial charge in [-0.2, -0.15) is 0 Å². The summed E-state index contributed by atoms with van der Waals surface area (Å²) < 4.78 is 0. The van der Waals surface area contributed by atoms with E-state index in [0.717, 1.165) is 28.1 Å². The highest BCUT2D eigenvalue weighted by molar-refractivity contribution is 6.41. The molecule has 0 fully saturated rings. The van der Waals surface area contributed by atoms with Gasteiger partial charge in [0.1, 0.15) is 0 Å². The molecule has 4 aromatic rings. The van der Waals surface area contributed by atoms with E-state index in [4.69, 9.17) is 0 Å². The summed E-state index contributed by atoms with van der Waals surface area (Å²) in [4.78, 5) is 31.8. The molecule has 168 valence electrons. The number of carbonyl (C=O) groups is 2. The first-order valence-corrected chi connectivity index (χ1v) is 11.6. The maximum Gasteiger partial charge on any atom is 0.265 e. The first-order valence-electron chi connectivity index (χ1n) is 11.6. The number of amides is 2. The number of nitrogens with zero attached hydrogens (tertiary/aromatic N) is 2. The van der Waals surface area contributed by atoms with Gasteiger partial charge in [0.05, 0.1) is 22.5 Å². The van der Waals surface area contributed by atoms with Crippen LogP contribution in [0.4, 0.5) is 11.4 Å². The minimum Gasteiger partial charge on any atom is -0.275 e. The Morgan fingerprint density at radius 3 is 1.40 bits per heavy atom. The predicted octanol–water partition coefficient (Wildman–Crippen LogP) is 6.21. The molecule has 2 amide bonds. The van der Waals surface area contributed by atoms with E-state index >= 15 is 0 Å². The SMILES string of the molecule is Cc1cccc(N2C(=O)C3=C(c4ccccc4)N(c4ccccc4)C(=O)C3=C2c2ccccc2)c1. The molecule has 0 aliphatic carbocycles. The molecule has 0 aromatic heterocycles. The van der Waals surface area contributed by atoms with Gasteiger partial charge < -0.3 is 0 Å². The number of rotatable bonds is 4. The lowest BCUT2D eigenvalue weighted by molar-refractivity contribution is -0.115. The molecule has 6 rings (SSSR count). The third kappa shape index (κ3) is 3.30. The molecular formula is C31H22N2O2. The molecule has 4 heteroatoms. The maximum absolute atomic E-state index is 14.2. The highest BCUT2D eigenvalue weighted by atomic mass is 16.2. The van der Waals surface area contributed by atoms with Crippen molar-refractivity contribution in [1.29, 1.82) is 0 Å². The molecule has 4 nitrogen and oxygen atoms in total. The highest BCUT2D eigenvalue weighted by Crippen LogP contribution is 2.49. The summed E-state index contributed by atoms with van der Waals surface area (Å²) in [5.41, 5.74) is 6.26. The van der Waals surface area contributed by atoms with Crippen LogP contribution in [0.1, 0.15) is 16.7 Å². The van der Waals surface area contributed by atoms with Crippen molar-refractivity contribution in [3.63, 3.8) is 0 Å². The molecule has 2 aliphatic rings. The smallest absolute Gasteiger partial charge is 0.265 e. The Hall–Kier alpha value is -4.70. The standard InChI is InChI=1S/C31H22N2O2/c1-21-12-11-19-25(20-21)33-29(23-15-7-3-8-16-23)27-26(31(33)35)28(22-13-5-2-6-14-22)32(30(27)34)24-17-9-4-10-18-24/h2-20H,1H3. The molecule has 0 radical (unpaired) electrons. The van der Waals surface area contributed by atoms with E-state index in [-0.39, 0.29) is 11.8 Å². The van der Waals surface area contributed by atoms with Gasteiger partial charge in [-0.25, -0.2) is 0 Å². The lowest BCUT2D eigenvalue weighted by atomic mass is 10.0. The van der Waals surface area contributed by atoms with Gasteiger partial charge in [-0.1, -0.05) is 91.0 Å². The Labute approximate surface area is 204 Å². The van der Waals surface area contributed by atoms with Crippen molar-refractivity contribution < 1.29 is 9.59 Å². The van der Waals surface area contributed by atoms with Crippen molar-refractivity contribution in [3.8, 4) is 0 Å². The Bertz CT molecular complexity index is 1520. The van der Waals surface area contributed by atoms with E-state index < -0.39 is 0 Å². The van der Waals surface area contributed by atoms with Crippen LogP contribution in [0.25, 0.3) is 11.4 Å². The lowest BCUT2D eigenvalue weighted by Gasteiger charge is -2.25. The van der Waals surface area contributed by atoms with Crippen LogP contribution < -0.4 is 9.80 Å². The largest absolute Gasteiger partial charge is 0.275 e. The molecule has 0 bridgehead atoms. The molecular weight excluding hydrogens is 432 g/mol.